The van der Waals surface area contributed by atoms with E-state index in [0.29, 0.717) is 13.0 Å². The van der Waals surface area contributed by atoms with E-state index in [-0.39, 0.29) is 23.2 Å². The number of rotatable bonds is 5. The molecule has 1 aliphatic heterocycles. The maximum absolute atomic E-state index is 11.6. The summed E-state index contributed by atoms with van der Waals surface area (Å²) in [6.45, 7) is 2.05. The predicted molar refractivity (Wildman–Crippen MR) is 64.8 cm³/mol. The van der Waals surface area contributed by atoms with E-state index in [1.807, 2.05) is 4.90 Å². The van der Waals surface area contributed by atoms with Gasteiger partial charge in [0.1, 0.15) is 0 Å². The van der Waals surface area contributed by atoms with Gasteiger partial charge in [-0.3, -0.25) is 9.59 Å². The summed E-state index contributed by atoms with van der Waals surface area (Å²) in [6.07, 6.45) is 2.56. The normalized spacial score (nSPS) is 14.9. The van der Waals surface area contributed by atoms with Gasteiger partial charge in [-0.2, -0.15) is 0 Å². The first-order chi connectivity index (χ1) is 7.59. The number of hydrogen-bond donors (Lipinski definition) is 2. The summed E-state index contributed by atoms with van der Waals surface area (Å²) in [7, 11) is 0. The highest BCUT2D eigenvalue weighted by molar-refractivity contribution is 7.80. The number of nitrogens with one attached hydrogen (secondary N) is 1. The van der Waals surface area contributed by atoms with Crippen LogP contribution in [0.3, 0.4) is 0 Å². The average molecular weight is 243 g/mol. The summed E-state index contributed by atoms with van der Waals surface area (Å²) >= 11 is 4.60. The number of likely N-dealkylation sites (tertiary alicyclic amines) is 1. The lowest BCUT2D eigenvalue weighted by atomic mass is 10.3. The summed E-state index contributed by atoms with van der Waals surface area (Å²) in [5.41, 5.74) is 5.22. The van der Waals surface area contributed by atoms with E-state index in [1.54, 1.807) is 0 Å². The van der Waals surface area contributed by atoms with Crippen LogP contribution < -0.4 is 11.1 Å². The van der Waals surface area contributed by atoms with Crippen LogP contribution in [0.2, 0.25) is 0 Å². The molecule has 1 saturated heterocycles. The van der Waals surface area contributed by atoms with E-state index in [2.05, 4.69) is 17.5 Å². The van der Waals surface area contributed by atoms with Gasteiger partial charge in [0, 0.05) is 26.1 Å². The Balaban J connectivity index is 2.12. The summed E-state index contributed by atoms with van der Waals surface area (Å²) in [5, 5.41) is 2.61. The molecule has 1 heterocycles. The van der Waals surface area contributed by atoms with Crippen molar-refractivity contribution in [3.63, 3.8) is 0 Å². The maximum Gasteiger partial charge on any atom is 0.226 e. The fraction of sp³-hybridized carbons (Fsp3) is 0.700. The molecule has 0 unspecified atom stereocenters. The van der Waals surface area contributed by atoms with Crippen molar-refractivity contribution in [3.05, 3.63) is 0 Å². The number of nitrogens with zero attached hydrogens (tertiary/aromatic N) is 1. The lowest BCUT2D eigenvalue weighted by molar-refractivity contribution is -0.130. The van der Waals surface area contributed by atoms with E-state index >= 15 is 0 Å². The Morgan fingerprint density at radius 1 is 1.31 bits per heavy atom. The van der Waals surface area contributed by atoms with Gasteiger partial charge in [-0.15, -0.1) is 0 Å². The zero-order valence-electron chi connectivity index (χ0n) is 9.20. The Hall–Kier alpha value is -1.17. The van der Waals surface area contributed by atoms with Gasteiger partial charge >= 0.3 is 0 Å². The van der Waals surface area contributed by atoms with Crippen molar-refractivity contribution >= 4 is 29.0 Å². The number of thiocarbonyl (C=S) groups is 1. The van der Waals surface area contributed by atoms with E-state index in [9.17, 15) is 9.59 Å². The molecule has 0 atom stereocenters. The van der Waals surface area contributed by atoms with E-state index < -0.39 is 0 Å². The van der Waals surface area contributed by atoms with Gasteiger partial charge in [0.05, 0.1) is 11.4 Å². The van der Waals surface area contributed by atoms with Crippen LogP contribution in [0.15, 0.2) is 0 Å². The molecule has 1 rings (SSSR count). The van der Waals surface area contributed by atoms with E-state index in [0.717, 1.165) is 25.9 Å². The topological polar surface area (TPSA) is 75.4 Å². The molecule has 3 N–H and O–H groups in total. The number of carbonyl (C=O) groups is 2. The zero-order chi connectivity index (χ0) is 12.0. The number of carbonyl (C=O) groups excluding carboxylic acids is 2. The van der Waals surface area contributed by atoms with Crippen molar-refractivity contribution in [1.29, 1.82) is 0 Å². The van der Waals surface area contributed by atoms with Gasteiger partial charge in [-0.05, 0) is 12.8 Å². The fourth-order valence-corrected chi connectivity index (χ4v) is 1.79. The van der Waals surface area contributed by atoms with Gasteiger partial charge in [0.2, 0.25) is 11.8 Å². The molecule has 0 radical (unpaired) electrons. The molecule has 90 valence electrons. The van der Waals surface area contributed by atoms with Crippen molar-refractivity contribution in [3.8, 4) is 0 Å². The van der Waals surface area contributed by atoms with Crippen molar-refractivity contribution in [2.45, 2.75) is 25.7 Å². The molecule has 0 bridgehead atoms. The van der Waals surface area contributed by atoms with Gasteiger partial charge < -0.3 is 16.0 Å². The lowest BCUT2D eigenvalue weighted by Crippen LogP contribution is -2.33. The minimum Gasteiger partial charge on any atom is -0.393 e. The third-order valence-corrected chi connectivity index (χ3v) is 2.60. The molecular formula is C10H17N3O2S. The van der Waals surface area contributed by atoms with Crippen LogP contribution in [-0.2, 0) is 9.59 Å². The second-order valence-corrected chi connectivity index (χ2v) is 4.36. The van der Waals surface area contributed by atoms with Crippen LogP contribution in [0, 0.1) is 0 Å². The quantitative estimate of drug-likeness (QED) is 0.655. The second-order valence-electron chi connectivity index (χ2n) is 3.83. The first-order valence-corrected chi connectivity index (χ1v) is 5.83. The minimum atomic E-state index is -0.221. The van der Waals surface area contributed by atoms with Crippen LogP contribution in [-0.4, -0.2) is 41.3 Å². The molecule has 5 nitrogen and oxygen atoms in total. The van der Waals surface area contributed by atoms with Gasteiger partial charge in [-0.25, -0.2) is 0 Å². The van der Waals surface area contributed by atoms with Crippen molar-refractivity contribution in [2.24, 2.45) is 5.73 Å². The maximum atomic E-state index is 11.6. The van der Waals surface area contributed by atoms with Crippen molar-refractivity contribution in [2.75, 3.05) is 19.6 Å². The molecule has 0 aromatic carbocycles. The minimum absolute atomic E-state index is 0.0488. The van der Waals surface area contributed by atoms with Crippen LogP contribution in [0.5, 0.6) is 0 Å². The molecule has 6 heteroatoms. The highest BCUT2D eigenvalue weighted by Crippen LogP contribution is 2.08. The molecule has 0 aromatic rings. The molecule has 16 heavy (non-hydrogen) atoms. The smallest absolute Gasteiger partial charge is 0.226 e. The molecule has 2 amide bonds. The Kier molecular flexibility index (Phi) is 5.18. The first-order valence-electron chi connectivity index (χ1n) is 5.42. The van der Waals surface area contributed by atoms with Crippen molar-refractivity contribution in [1.82, 2.24) is 10.2 Å². The molecule has 0 saturated carbocycles. The fourth-order valence-electron chi connectivity index (χ4n) is 1.65. The highest BCUT2D eigenvalue weighted by Gasteiger charge is 2.17. The number of nitrogens with two attached hydrogens (primary N) is 1. The summed E-state index contributed by atoms with van der Waals surface area (Å²) in [4.78, 5) is 24.7. The summed E-state index contributed by atoms with van der Waals surface area (Å²) < 4.78 is 0. The molecular weight excluding hydrogens is 226 g/mol. The van der Waals surface area contributed by atoms with Crippen LogP contribution >= 0.6 is 12.2 Å². The Morgan fingerprint density at radius 3 is 2.50 bits per heavy atom. The highest BCUT2D eigenvalue weighted by atomic mass is 32.1. The molecule has 0 aliphatic carbocycles. The van der Waals surface area contributed by atoms with Gasteiger partial charge in [0.25, 0.3) is 0 Å². The van der Waals surface area contributed by atoms with Crippen molar-refractivity contribution < 1.29 is 9.59 Å². The standard InChI is InChI=1S/C10H17N3O2S/c11-8(16)7-9(14)12-4-3-10(15)13-5-1-2-6-13/h1-7H2,(H2,11,16)(H,12,14). The average Bonchev–Trinajstić information content (AvgIpc) is 2.68. The van der Waals surface area contributed by atoms with E-state index in [4.69, 9.17) is 5.73 Å². The van der Waals surface area contributed by atoms with Gasteiger partial charge in [-0.1, -0.05) is 12.2 Å². The molecule has 1 fully saturated rings. The summed E-state index contributed by atoms with van der Waals surface area (Å²) in [6, 6.07) is 0. The molecule has 0 aromatic heterocycles. The van der Waals surface area contributed by atoms with Gasteiger partial charge in [0.15, 0.2) is 0 Å². The molecule has 0 spiro atoms. The SMILES string of the molecule is NC(=S)CC(=O)NCCC(=O)N1CCCC1. The Labute approximate surface area is 100 Å². The monoisotopic (exact) mass is 243 g/mol. The second kappa shape index (κ2) is 6.42. The lowest BCUT2D eigenvalue weighted by Gasteiger charge is -2.15. The van der Waals surface area contributed by atoms with Crippen LogP contribution in [0.4, 0.5) is 0 Å². The summed E-state index contributed by atoms with van der Waals surface area (Å²) in [5.74, 6) is -0.116. The Bertz CT molecular complexity index is 288. The third-order valence-electron chi connectivity index (χ3n) is 2.45. The first kappa shape index (κ1) is 12.9. The third kappa shape index (κ3) is 4.57. The van der Waals surface area contributed by atoms with Crippen LogP contribution in [0.25, 0.3) is 0 Å². The number of amides is 2. The largest absolute Gasteiger partial charge is 0.393 e. The van der Waals surface area contributed by atoms with E-state index in [1.165, 1.54) is 0 Å². The zero-order valence-corrected chi connectivity index (χ0v) is 10.0. The molecule has 1 aliphatic rings. The van der Waals surface area contributed by atoms with Crippen LogP contribution in [0.1, 0.15) is 25.7 Å². The Morgan fingerprint density at radius 2 is 1.94 bits per heavy atom. The number of hydrogen-bond acceptors (Lipinski definition) is 3. The predicted octanol–water partition coefficient (Wildman–Crippen LogP) is -0.209.